The fourth-order valence-corrected chi connectivity index (χ4v) is 3.99. The minimum atomic E-state index is -0.939. The summed E-state index contributed by atoms with van der Waals surface area (Å²) in [5.41, 5.74) is 5.46. The van der Waals surface area contributed by atoms with Crippen LogP contribution in [0.15, 0.2) is 22.8 Å². The van der Waals surface area contributed by atoms with Crippen LogP contribution >= 0.6 is 0 Å². The van der Waals surface area contributed by atoms with Crippen molar-refractivity contribution in [2.75, 3.05) is 13.1 Å². The predicted octanol–water partition coefficient (Wildman–Crippen LogP) is 0.0466. The number of primary amides is 1. The molecule has 0 bridgehead atoms. The Morgan fingerprint density at radius 3 is 2.55 bits per heavy atom. The van der Waals surface area contributed by atoms with Crippen LogP contribution in [0.2, 0.25) is 0 Å². The molecule has 3 atom stereocenters. The Morgan fingerprint density at radius 1 is 1.17 bits per heavy atom. The van der Waals surface area contributed by atoms with E-state index in [0.29, 0.717) is 25.8 Å². The first-order valence-electron chi connectivity index (χ1n) is 9.81. The number of nitrogens with one attached hydrogen (secondary N) is 2. The van der Waals surface area contributed by atoms with Crippen molar-refractivity contribution in [3.8, 4) is 0 Å². The second-order valence-corrected chi connectivity index (χ2v) is 7.68. The zero-order chi connectivity index (χ0) is 21.1. The molecule has 3 rings (SSSR count). The van der Waals surface area contributed by atoms with Gasteiger partial charge in [0.2, 0.25) is 11.8 Å². The first-order valence-corrected chi connectivity index (χ1v) is 9.81. The number of hydrogen-bond donors (Lipinski definition) is 3. The van der Waals surface area contributed by atoms with Gasteiger partial charge in [-0.2, -0.15) is 0 Å². The highest BCUT2D eigenvalue weighted by molar-refractivity contribution is 5.98. The molecule has 1 aromatic heterocycles. The summed E-state index contributed by atoms with van der Waals surface area (Å²) >= 11 is 0. The van der Waals surface area contributed by atoms with Crippen molar-refractivity contribution in [3.05, 3.63) is 24.2 Å². The van der Waals surface area contributed by atoms with E-state index >= 15 is 0 Å². The molecule has 10 heteroatoms. The number of rotatable bonds is 5. The number of amides is 5. The van der Waals surface area contributed by atoms with E-state index in [1.54, 1.807) is 6.07 Å². The molecular formula is C19H27N5O5. The first-order chi connectivity index (χ1) is 13.8. The molecule has 2 saturated heterocycles. The summed E-state index contributed by atoms with van der Waals surface area (Å²) in [7, 11) is 0. The zero-order valence-corrected chi connectivity index (χ0v) is 16.6. The van der Waals surface area contributed by atoms with Gasteiger partial charge in [0, 0.05) is 19.1 Å². The molecule has 0 spiro atoms. The van der Waals surface area contributed by atoms with Crippen molar-refractivity contribution in [1.82, 2.24) is 20.4 Å². The normalized spacial score (nSPS) is 24.0. The smallest absolute Gasteiger partial charge is 0.315 e. The number of carbonyl (C=O) groups is 4. The molecule has 1 aromatic rings. The number of furan rings is 1. The van der Waals surface area contributed by atoms with E-state index in [2.05, 4.69) is 10.6 Å². The van der Waals surface area contributed by atoms with E-state index < -0.39 is 41.9 Å². The van der Waals surface area contributed by atoms with Crippen LogP contribution in [-0.4, -0.2) is 70.8 Å². The van der Waals surface area contributed by atoms with E-state index in [1.165, 1.54) is 22.1 Å². The minimum Gasteiger partial charge on any atom is -0.459 e. The van der Waals surface area contributed by atoms with Crippen molar-refractivity contribution in [3.63, 3.8) is 0 Å². The van der Waals surface area contributed by atoms with Gasteiger partial charge in [0.25, 0.3) is 5.91 Å². The Bertz CT molecular complexity index is 778. The monoisotopic (exact) mass is 405 g/mol. The maximum absolute atomic E-state index is 13.4. The van der Waals surface area contributed by atoms with Crippen LogP contribution in [-0.2, 0) is 9.59 Å². The van der Waals surface area contributed by atoms with Gasteiger partial charge in [-0.25, -0.2) is 4.79 Å². The molecule has 10 nitrogen and oxygen atoms in total. The SMILES string of the molecule is CC(C)NC(=O)NC1CCN(C(=O)c2ccco2)C1C(=O)N1CCCC1C(N)=O. The highest BCUT2D eigenvalue weighted by Crippen LogP contribution is 2.26. The predicted molar refractivity (Wildman–Crippen MR) is 103 cm³/mol. The van der Waals surface area contributed by atoms with Gasteiger partial charge in [-0.15, -0.1) is 0 Å². The molecule has 2 aliphatic heterocycles. The van der Waals surface area contributed by atoms with E-state index in [1.807, 2.05) is 13.8 Å². The fourth-order valence-electron chi connectivity index (χ4n) is 3.99. The van der Waals surface area contributed by atoms with Crippen LogP contribution in [0.25, 0.3) is 0 Å². The number of carbonyl (C=O) groups excluding carboxylic acids is 4. The van der Waals surface area contributed by atoms with Gasteiger partial charge in [0.05, 0.1) is 12.3 Å². The van der Waals surface area contributed by atoms with Crippen LogP contribution in [0.3, 0.4) is 0 Å². The van der Waals surface area contributed by atoms with E-state index in [0.717, 1.165) is 0 Å². The Hall–Kier alpha value is -3.04. The van der Waals surface area contributed by atoms with Crippen LogP contribution in [0, 0.1) is 0 Å². The van der Waals surface area contributed by atoms with E-state index in [-0.39, 0.29) is 18.3 Å². The molecule has 3 unspecified atom stereocenters. The average molecular weight is 405 g/mol. The van der Waals surface area contributed by atoms with Crippen molar-refractivity contribution < 1.29 is 23.6 Å². The summed E-state index contributed by atoms with van der Waals surface area (Å²) in [5, 5.41) is 5.53. The zero-order valence-electron chi connectivity index (χ0n) is 16.6. The van der Waals surface area contributed by atoms with Crippen molar-refractivity contribution in [2.45, 2.75) is 57.3 Å². The Labute approximate surface area is 168 Å². The first kappa shape index (κ1) is 20.7. The number of nitrogens with zero attached hydrogens (tertiary/aromatic N) is 2. The highest BCUT2D eigenvalue weighted by atomic mass is 16.3. The standard InChI is InChI=1S/C19H27N5O5/c1-11(2)21-19(28)22-12-7-9-24(17(26)14-6-4-10-29-14)15(12)18(27)23-8-3-5-13(23)16(20)25/h4,6,10-13,15H,3,5,7-9H2,1-2H3,(H2,20,25)(H2,21,22,28). The second-order valence-electron chi connectivity index (χ2n) is 7.68. The summed E-state index contributed by atoms with van der Waals surface area (Å²) in [4.78, 5) is 53.1. The number of urea groups is 1. The molecule has 3 heterocycles. The average Bonchev–Trinajstić information content (AvgIpc) is 3.39. The van der Waals surface area contributed by atoms with Gasteiger partial charge in [0.15, 0.2) is 5.76 Å². The molecule has 0 aliphatic carbocycles. The Morgan fingerprint density at radius 2 is 1.93 bits per heavy atom. The summed E-state index contributed by atoms with van der Waals surface area (Å²) in [6.07, 6.45) is 2.94. The maximum Gasteiger partial charge on any atom is 0.315 e. The second kappa shape index (κ2) is 8.54. The van der Waals surface area contributed by atoms with Gasteiger partial charge < -0.3 is 30.6 Å². The molecule has 158 valence electrons. The minimum absolute atomic E-state index is 0.0794. The summed E-state index contributed by atoms with van der Waals surface area (Å²) < 4.78 is 5.20. The molecule has 29 heavy (non-hydrogen) atoms. The topological polar surface area (TPSA) is 138 Å². The number of likely N-dealkylation sites (tertiary alicyclic amines) is 2. The lowest BCUT2D eigenvalue weighted by atomic mass is 10.1. The lowest BCUT2D eigenvalue weighted by molar-refractivity contribution is -0.140. The molecule has 0 saturated carbocycles. The number of nitrogens with two attached hydrogens (primary N) is 1. The fraction of sp³-hybridized carbons (Fsp3) is 0.579. The van der Waals surface area contributed by atoms with Crippen LogP contribution in [0.5, 0.6) is 0 Å². The maximum atomic E-state index is 13.4. The molecule has 2 fully saturated rings. The third-order valence-electron chi connectivity index (χ3n) is 5.24. The van der Waals surface area contributed by atoms with Gasteiger partial charge in [0.1, 0.15) is 12.1 Å². The van der Waals surface area contributed by atoms with Crippen LogP contribution < -0.4 is 16.4 Å². The van der Waals surface area contributed by atoms with Gasteiger partial charge in [-0.05, 0) is 45.2 Å². The quantitative estimate of drug-likeness (QED) is 0.635. The lowest BCUT2D eigenvalue weighted by Gasteiger charge is -2.32. The summed E-state index contributed by atoms with van der Waals surface area (Å²) in [6.45, 7) is 4.31. The number of hydrogen-bond acceptors (Lipinski definition) is 5. The van der Waals surface area contributed by atoms with Crippen molar-refractivity contribution in [2.24, 2.45) is 5.73 Å². The molecule has 5 amide bonds. The van der Waals surface area contributed by atoms with E-state index in [9.17, 15) is 19.2 Å². The summed E-state index contributed by atoms with van der Waals surface area (Å²) in [6, 6.07) is 0.397. The lowest BCUT2D eigenvalue weighted by Crippen LogP contribution is -2.59. The van der Waals surface area contributed by atoms with Crippen molar-refractivity contribution >= 4 is 23.8 Å². The van der Waals surface area contributed by atoms with Crippen LogP contribution in [0.1, 0.15) is 43.7 Å². The largest absolute Gasteiger partial charge is 0.459 e. The van der Waals surface area contributed by atoms with Crippen molar-refractivity contribution in [1.29, 1.82) is 0 Å². The molecule has 4 N–H and O–H groups in total. The van der Waals surface area contributed by atoms with Gasteiger partial charge >= 0.3 is 6.03 Å². The highest BCUT2D eigenvalue weighted by Gasteiger charge is 2.47. The van der Waals surface area contributed by atoms with E-state index in [4.69, 9.17) is 10.2 Å². The summed E-state index contributed by atoms with van der Waals surface area (Å²) in [5.74, 6) is -1.28. The molecular weight excluding hydrogens is 378 g/mol. The van der Waals surface area contributed by atoms with Crippen LogP contribution in [0.4, 0.5) is 4.79 Å². The Kier molecular flexibility index (Phi) is 6.09. The Balaban J connectivity index is 1.85. The van der Waals surface area contributed by atoms with Gasteiger partial charge in [-0.1, -0.05) is 0 Å². The van der Waals surface area contributed by atoms with Gasteiger partial charge in [-0.3, -0.25) is 14.4 Å². The molecule has 0 aromatic carbocycles. The third kappa shape index (κ3) is 4.36. The third-order valence-corrected chi connectivity index (χ3v) is 5.24. The molecule has 2 aliphatic rings. The molecule has 0 radical (unpaired) electrons.